The fraction of sp³-hybridized carbons (Fsp3) is 0.0769. The van der Waals surface area contributed by atoms with Crippen LogP contribution in [0.2, 0.25) is 0 Å². The normalized spacial score (nSPS) is 12.2. The minimum atomic E-state index is -0.0807. The lowest BCUT2D eigenvalue weighted by atomic mass is 9.94. The highest BCUT2D eigenvalue weighted by atomic mass is 79.9. The molecule has 152 valence electrons. The van der Waals surface area contributed by atoms with E-state index in [1.807, 2.05) is 47.0 Å². The summed E-state index contributed by atoms with van der Waals surface area (Å²) in [5, 5.41) is 0. The first-order valence-electron chi connectivity index (χ1n) is 9.95. The average Bonchev–Trinajstić information content (AvgIpc) is 3.19. The van der Waals surface area contributed by atoms with Crippen LogP contribution in [0, 0.1) is 0 Å². The molecule has 31 heavy (non-hydrogen) atoms. The molecule has 1 aromatic heterocycles. The van der Waals surface area contributed by atoms with E-state index < -0.39 is 0 Å². The maximum absolute atomic E-state index is 13.5. The average molecular weight is 535 g/mol. The van der Waals surface area contributed by atoms with Gasteiger partial charge in [0.15, 0.2) is 5.78 Å². The molecule has 5 heteroatoms. The van der Waals surface area contributed by atoms with Crippen molar-refractivity contribution in [3.8, 4) is 11.3 Å². The van der Waals surface area contributed by atoms with E-state index in [2.05, 4.69) is 37.9 Å². The Labute approximate surface area is 197 Å². The summed E-state index contributed by atoms with van der Waals surface area (Å²) in [7, 11) is 0. The van der Waals surface area contributed by atoms with E-state index in [1.165, 1.54) is 5.56 Å². The van der Waals surface area contributed by atoms with Crippen molar-refractivity contribution in [1.82, 2.24) is 4.57 Å². The van der Waals surface area contributed by atoms with Crippen molar-refractivity contribution in [2.24, 2.45) is 0 Å². The van der Waals surface area contributed by atoms with Crippen LogP contribution in [0.1, 0.15) is 37.5 Å². The number of halogens is 2. The van der Waals surface area contributed by atoms with Gasteiger partial charge in [-0.3, -0.25) is 9.59 Å². The third kappa shape index (κ3) is 3.62. The monoisotopic (exact) mass is 533 g/mol. The summed E-state index contributed by atoms with van der Waals surface area (Å²) < 4.78 is 3.85. The zero-order chi connectivity index (χ0) is 21.5. The standard InChI is InChI=1S/C26H17Br2NO2/c27-19-9-5-17(6-10-19)25(30)22-15-23(26(31)18-7-11-20(28)12-8-18)29-14-13-16-3-1-2-4-21(16)24(22)29/h1-12,15H,13-14H2. The van der Waals surface area contributed by atoms with Gasteiger partial charge >= 0.3 is 0 Å². The molecule has 0 fully saturated rings. The zero-order valence-corrected chi connectivity index (χ0v) is 19.6. The molecular formula is C26H17Br2NO2. The van der Waals surface area contributed by atoms with Gasteiger partial charge in [0.25, 0.3) is 0 Å². The van der Waals surface area contributed by atoms with Crippen LogP contribution in [0.5, 0.6) is 0 Å². The molecule has 0 atom stereocenters. The number of aromatic nitrogens is 1. The van der Waals surface area contributed by atoms with Crippen LogP contribution in [0.4, 0.5) is 0 Å². The first-order chi connectivity index (χ1) is 15.0. The van der Waals surface area contributed by atoms with Gasteiger partial charge in [-0.15, -0.1) is 0 Å². The zero-order valence-electron chi connectivity index (χ0n) is 16.4. The molecule has 2 heterocycles. The molecule has 0 N–H and O–H groups in total. The van der Waals surface area contributed by atoms with Crippen molar-refractivity contribution in [2.75, 3.05) is 0 Å². The molecule has 4 aromatic rings. The summed E-state index contributed by atoms with van der Waals surface area (Å²) in [4.78, 5) is 26.9. The highest BCUT2D eigenvalue weighted by Gasteiger charge is 2.29. The van der Waals surface area contributed by atoms with Crippen LogP contribution < -0.4 is 0 Å². The Bertz CT molecular complexity index is 1320. The summed E-state index contributed by atoms with van der Waals surface area (Å²) in [6, 6.07) is 24.5. The van der Waals surface area contributed by atoms with Crippen LogP contribution in [0.25, 0.3) is 11.3 Å². The minimum absolute atomic E-state index is 0.0806. The van der Waals surface area contributed by atoms with Gasteiger partial charge in [0.2, 0.25) is 5.78 Å². The number of fused-ring (bicyclic) bond motifs is 3. The largest absolute Gasteiger partial charge is 0.337 e. The van der Waals surface area contributed by atoms with Gasteiger partial charge in [0, 0.05) is 37.7 Å². The van der Waals surface area contributed by atoms with Gasteiger partial charge in [-0.2, -0.15) is 0 Å². The van der Waals surface area contributed by atoms with E-state index in [9.17, 15) is 9.59 Å². The van der Waals surface area contributed by atoms with Gasteiger partial charge in [-0.05, 0) is 66.6 Å². The van der Waals surface area contributed by atoms with Crippen molar-refractivity contribution in [3.63, 3.8) is 0 Å². The molecule has 5 rings (SSSR count). The predicted molar refractivity (Wildman–Crippen MR) is 129 cm³/mol. The molecule has 1 aliphatic rings. The second-order valence-electron chi connectivity index (χ2n) is 7.52. The van der Waals surface area contributed by atoms with Gasteiger partial charge in [-0.1, -0.05) is 56.1 Å². The van der Waals surface area contributed by atoms with Crippen molar-refractivity contribution < 1.29 is 9.59 Å². The van der Waals surface area contributed by atoms with E-state index in [1.54, 1.807) is 30.3 Å². The molecule has 3 aromatic carbocycles. The molecule has 0 saturated heterocycles. The minimum Gasteiger partial charge on any atom is -0.337 e. The Hall–Kier alpha value is -2.76. The maximum atomic E-state index is 13.5. The molecule has 3 nitrogen and oxygen atoms in total. The third-order valence-corrected chi connectivity index (χ3v) is 6.72. The molecule has 1 aliphatic heterocycles. The van der Waals surface area contributed by atoms with Crippen molar-refractivity contribution >= 4 is 43.4 Å². The van der Waals surface area contributed by atoms with E-state index in [0.717, 1.165) is 26.6 Å². The molecule has 0 spiro atoms. The highest BCUT2D eigenvalue weighted by Crippen LogP contribution is 2.36. The summed E-state index contributed by atoms with van der Waals surface area (Å²) in [5.74, 6) is -0.161. The number of hydrogen-bond donors (Lipinski definition) is 0. The Kier molecular flexibility index (Phi) is 5.24. The van der Waals surface area contributed by atoms with Crippen LogP contribution in [0.15, 0.2) is 87.8 Å². The van der Waals surface area contributed by atoms with E-state index >= 15 is 0 Å². The Morgan fingerprint density at radius 3 is 1.97 bits per heavy atom. The number of benzene rings is 3. The number of carbonyl (C=O) groups excluding carboxylic acids is 2. The molecule has 0 radical (unpaired) electrons. The van der Waals surface area contributed by atoms with Gasteiger partial charge in [0.1, 0.15) is 0 Å². The summed E-state index contributed by atoms with van der Waals surface area (Å²) in [5.41, 5.74) is 5.36. The van der Waals surface area contributed by atoms with Crippen LogP contribution in [0.3, 0.4) is 0 Å². The topological polar surface area (TPSA) is 39.1 Å². The second-order valence-corrected chi connectivity index (χ2v) is 9.35. The number of ketones is 2. The quantitative estimate of drug-likeness (QED) is 0.273. The van der Waals surface area contributed by atoms with Gasteiger partial charge < -0.3 is 4.57 Å². The van der Waals surface area contributed by atoms with Crippen LogP contribution in [-0.4, -0.2) is 16.1 Å². The molecule has 0 aliphatic carbocycles. The number of aryl methyl sites for hydroxylation is 1. The molecule has 0 amide bonds. The lowest BCUT2D eigenvalue weighted by Gasteiger charge is -2.22. The fourth-order valence-corrected chi connectivity index (χ4v) is 4.67. The van der Waals surface area contributed by atoms with Gasteiger partial charge in [-0.25, -0.2) is 0 Å². The smallest absolute Gasteiger partial charge is 0.209 e. The van der Waals surface area contributed by atoms with E-state index in [-0.39, 0.29) is 11.6 Å². The van der Waals surface area contributed by atoms with Gasteiger partial charge in [0.05, 0.1) is 11.4 Å². The summed E-state index contributed by atoms with van der Waals surface area (Å²) in [6.07, 6.45) is 0.824. The maximum Gasteiger partial charge on any atom is 0.209 e. The first kappa shape index (κ1) is 20.2. The number of rotatable bonds is 4. The van der Waals surface area contributed by atoms with Crippen LogP contribution >= 0.6 is 31.9 Å². The lowest BCUT2D eigenvalue weighted by molar-refractivity contribution is 0.102. The Morgan fingerprint density at radius 2 is 1.32 bits per heavy atom. The molecule has 0 unspecified atom stereocenters. The van der Waals surface area contributed by atoms with E-state index in [4.69, 9.17) is 0 Å². The number of carbonyl (C=O) groups is 2. The predicted octanol–water partition coefficient (Wildman–Crippen LogP) is 6.70. The summed E-state index contributed by atoms with van der Waals surface area (Å²) >= 11 is 6.84. The summed E-state index contributed by atoms with van der Waals surface area (Å²) in [6.45, 7) is 0.664. The first-order valence-corrected chi connectivity index (χ1v) is 11.5. The third-order valence-electron chi connectivity index (χ3n) is 5.66. The van der Waals surface area contributed by atoms with E-state index in [0.29, 0.717) is 28.9 Å². The molecule has 0 bridgehead atoms. The number of hydrogen-bond acceptors (Lipinski definition) is 2. The molecular weight excluding hydrogens is 518 g/mol. The molecule has 0 saturated carbocycles. The Morgan fingerprint density at radius 1 is 0.742 bits per heavy atom. The van der Waals surface area contributed by atoms with Crippen LogP contribution in [-0.2, 0) is 13.0 Å². The lowest BCUT2D eigenvalue weighted by Crippen LogP contribution is -2.17. The van der Waals surface area contributed by atoms with Crippen molar-refractivity contribution in [1.29, 1.82) is 0 Å². The Balaban J connectivity index is 1.70. The highest BCUT2D eigenvalue weighted by molar-refractivity contribution is 9.10. The fourth-order valence-electron chi connectivity index (χ4n) is 4.14. The SMILES string of the molecule is O=C(c1ccc(Br)cc1)c1cc(C(=O)c2ccc(Br)cc2)n2c1-c1ccccc1CC2. The second kappa shape index (κ2) is 8.06. The van der Waals surface area contributed by atoms with Crippen molar-refractivity contribution in [2.45, 2.75) is 13.0 Å². The number of nitrogens with zero attached hydrogens (tertiary/aromatic N) is 1. The van der Waals surface area contributed by atoms with Crippen molar-refractivity contribution in [3.05, 3.63) is 116 Å².